The monoisotopic (exact) mass is 293 g/mol. The highest BCUT2D eigenvalue weighted by atomic mass is 19.4. The van der Waals surface area contributed by atoms with Gasteiger partial charge in [-0.15, -0.1) is 0 Å². The summed E-state index contributed by atoms with van der Waals surface area (Å²) >= 11 is 0. The lowest BCUT2D eigenvalue weighted by molar-refractivity contribution is -0.141. The van der Waals surface area contributed by atoms with Crippen molar-refractivity contribution in [3.8, 4) is 0 Å². The van der Waals surface area contributed by atoms with Crippen LogP contribution < -0.4 is 5.32 Å². The fourth-order valence-corrected chi connectivity index (χ4v) is 1.77. The maximum Gasteiger partial charge on any atom is 0.419 e. The Morgan fingerprint density at radius 2 is 2.05 bits per heavy atom. The lowest BCUT2D eigenvalue weighted by Crippen LogP contribution is -2.36. The van der Waals surface area contributed by atoms with Gasteiger partial charge in [0.2, 0.25) is 0 Å². The first-order valence-electron chi connectivity index (χ1n) is 6.08. The maximum atomic E-state index is 13.7. The second kappa shape index (κ2) is 6.69. The highest BCUT2D eigenvalue weighted by Crippen LogP contribution is 2.32. The molecule has 0 amide bonds. The topological polar surface area (TPSA) is 49.3 Å². The van der Waals surface area contributed by atoms with E-state index in [2.05, 4.69) is 5.32 Å². The Labute approximate surface area is 113 Å². The number of alkyl halides is 3. The average Bonchev–Trinajstić information content (AvgIpc) is 2.34. The first kappa shape index (κ1) is 16.4. The largest absolute Gasteiger partial charge is 0.480 e. The Morgan fingerprint density at radius 1 is 1.40 bits per heavy atom. The molecular weight excluding hydrogens is 278 g/mol. The van der Waals surface area contributed by atoms with Crippen LogP contribution in [0.1, 0.15) is 30.9 Å². The molecule has 0 aliphatic heterocycles. The average molecular weight is 293 g/mol. The SMILES string of the molecule is CCCC(NCc1cccc(C(F)(F)F)c1F)C(=O)O. The smallest absolute Gasteiger partial charge is 0.419 e. The zero-order valence-corrected chi connectivity index (χ0v) is 10.8. The maximum absolute atomic E-state index is 13.7. The van der Waals surface area contributed by atoms with Gasteiger partial charge >= 0.3 is 12.1 Å². The molecule has 1 atom stereocenters. The van der Waals surface area contributed by atoms with Crippen molar-refractivity contribution < 1.29 is 27.5 Å². The summed E-state index contributed by atoms with van der Waals surface area (Å²) in [6.45, 7) is 1.51. The van der Waals surface area contributed by atoms with Crippen molar-refractivity contribution in [1.29, 1.82) is 0 Å². The van der Waals surface area contributed by atoms with E-state index in [-0.39, 0.29) is 12.1 Å². The standard InChI is InChI=1S/C13H15F4NO2/c1-2-4-10(12(19)20)18-7-8-5-3-6-9(11(8)14)13(15,16)17/h3,5-6,10,18H,2,4,7H2,1H3,(H,19,20). The molecule has 2 N–H and O–H groups in total. The van der Waals surface area contributed by atoms with E-state index in [0.717, 1.165) is 6.07 Å². The number of carbonyl (C=O) groups is 1. The lowest BCUT2D eigenvalue weighted by Gasteiger charge is -2.15. The van der Waals surface area contributed by atoms with Crippen LogP contribution in [0.25, 0.3) is 0 Å². The number of hydrogen-bond donors (Lipinski definition) is 2. The molecule has 1 aromatic carbocycles. The van der Waals surface area contributed by atoms with Crippen LogP contribution in [0.2, 0.25) is 0 Å². The summed E-state index contributed by atoms with van der Waals surface area (Å²) in [5.74, 6) is -2.48. The Kier molecular flexibility index (Phi) is 5.50. The number of carboxylic acid groups (broad SMARTS) is 1. The predicted molar refractivity (Wildman–Crippen MR) is 64.6 cm³/mol. The van der Waals surface area contributed by atoms with Crippen molar-refractivity contribution in [2.24, 2.45) is 0 Å². The summed E-state index contributed by atoms with van der Waals surface area (Å²) < 4.78 is 51.3. The minimum Gasteiger partial charge on any atom is -0.480 e. The van der Waals surface area contributed by atoms with Gasteiger partial charge in [0.1, 0.15) is 11.9 Å². The number of carboxylic acids is 1. The normalized spacial score (nSPS) is 13.2. The Bertz CT molecular complexity index is 474. The quantitative estimate of drug-likeness (QED) is 0.792. The van der Waals surface area contributed by atoms with Crippen molar-refractivity contribution in [2.75, 3.05) is 0 Å². The van der Waals surface area contributed by atoms with Gasteiger partial charge in [-0.05, 0) is 12.5 Å². The Balaban J connectivity index is 2.86. The fraction of sp³-hybridized carbons (Fsp3) is 0.462. The number of aliphatic carboxylic acids is 1. The first-order chi connectivity index (χ1) is 9.27. The van der Waals surface area contributed by atoms with Crippen LogP contribution in [0.15, 0.2) is 18.2 Å². The zero-order valence-electron chi connectivity index (χ0n) is 10.8. The van der Waals surface area contributed by atoms with E-state index in [0.29, 0.717) is 18.9 Å². The summed E-state index contributed by atoms with van der Waals surface area (Å²) in [6, 6.07) is 2.04. The summed E-state index contributed by atoms with van der Waals surface area (Å²) in [4.78, 5) is 10.9. The molecule has 7 heteroatoms. The highest BCUT2D eigenvalue weighted by molar-refractivity contribution is 5.73. The molecule has 0 fully saturated rings. The Hall–Kier alpha value is -1.63. The van der Waals surface area contributed by atoms with Gasteiger partial charge in [-0.2, -0.15) is 13.2 Å². The summed E-state index contributed by atoms with van der Waals surface area (Å²) in [7, 11) is 0. The molecule has 20 heavy (non-hydrogen) atoms. The van der Waals surface area contributed by atoms with Crippen molar-refractivity contribution in [3.05, 3.63) is 35.1 Å². The molecule has 0 aliphatic rings. The van der Waals surface area contributed by atoms with Gasteiger partial charge in [0.15, 0.2) is 0 Å². The van der Waals surface area contributed by atoms with Crippen LogP contribution >= 0.6 is 0 Å². The summed E-state index contributed by atoms with van der Waals surface area (Å²) in [5.41, 5.74) is -1.55. The van der Waals surface area contributed by atoms with Gasteiger partial charge in [0.05, 0.1) is 5.56 Å². The zero-order chi connectivity index (χ0) is 15.3. The summed E-state index contributed by atoms with van der Waals surface area (Å²) in [6.07, 6.45) is -3.86. The molecule has 1 rings (SSSR count). The number of hydrogen-bond acceptors (Lipinski definition) is 2. The number of rotatable bonds is 6. The summed E-state index contributed by atoms with van der Waals surface area (Å²) in [5, 5.41) is 11.4. The van der Waals surface area contributed by atoms with Crippen LogP contribution in [-0.4, -0.2) is 17.1 Å². The van der Waals surface area contributed by atoms with Crippen LogP contribution in [0, 0.1) is 5.82 Å². The number of halogens is 4. The molecule has 0 aliphatic carbocycles. The van der Waals surface area contributed by atoms with E-state index in [9.17, 15) is 22.4 Å². The second-order valence-electron chi connectivity index (χ2n) is 4.34. The number of nitrogens with one attached hydrogen (secondary N) is 1. The van der Waals surface area contributed by atoms with Gasteiger partial charge < -0.3 is 10.4 Å². The predicted octanol–water partition coefficient (Wildman–Crippen LogP) is 3.19. The van der Waals surface area contributed by atoms with Crippen LogP contribution in [0.5, 0.6) is 0 Å². The molecule has 0 saturated carbocycles. The first-order valence-corrected chi connectivity index (χ1v) is 6.08. The van der Waals surface area contributed by atoms with E-state index >= 15 is 0 Å². The highest BCUT2D eigenvalue weighted by Gasteiger charge is 2.34. The van der Waals surface area contributed by atoms with Crippen molar-refractivity contribution in [2.45, 2.75) is 38.5 Å². The van der Waals surface area contributed by atoms with E-state index in [4.69, 9.17) is 5.11 Å². The molecule has 0 heterocycles. The minimum absolute atomic E-state index is 0.206. The third-order valence-corrected chi connectivity index (χ3v) is 2.80. The van der Waals surface area contributed by atoms with Crippen LogP contribution in [-0.2, 0) is 17.5 Å². The second-order valence-corrected chi connectivity index (χ2v) is 4.34. The van der Waals surface area contributed by atoms with Gasteiger partial charge in [-0.1, -0.05) is 25.5 Å². The van der Waals surface area contributed by atoms with Crippen molar-refractivity contribution in [1.82, 2.24) is 5.32 Å². The molecule has 0 radical (unpaired) electrons. The van der Waals surface area contributed by atoms with Gasteiger partial charge in [0.25, 0.3) is 0 Å². The molecule has 0 aromatic heterocycles. The molecule has 0 bridgehead atoms. The minimum atomic E-state index is -4.77. The van der Waals surface area contributed by atoms with Gasteiger partial charge in [-0.3, -0.25) is 4.79 Å². The lowest BCUT2D eigenvalue weighted by atomic mass is 10.1. The van der Waals surface area contributed by atoms with E-state index < -0.39 is 29.6 Å². The molecule has 0 saturated heterocycles. The van der Waals surface area contributed by atoms with Gasteiger partial charge in [0, 0.05) is 12.1 Å². The molecule has 3 nitrogen and oxygen atoms in total. The third-order valence-electron chi connectivity index (χ3n) is 2.80. The molecule has 0 spiro atoms. The van der Waals surface area contributed by atoms with E-state index in [1.54, 1.807) is 6.92 Å². The van der Waals surface area contributed by atoms with Crippen LogP contribution in [0.3, 0.4) is 0 Å². The van der Waals surface area contributed by atoms with E-state index in [1.165, 1.54) is 6.07 Å². The Morgan fingerprint density at radius 3 is 2.55 bits per heavy atom. The molecule has 112 valence electrons. The third kappa shape index (κ3) is 4.19. The van der Waals surface area contributed by atoms with E-state index in [1.807, 2.05) is 0 Å². The molecule has 1 unspecified atom stereocenters. The van der Waals surface area contributed by atoms with Crippen LogP contribution in [0.4, 0.5) is 17.6 Å². The molecular formula is C13H15F4NO2. The van der Waals surface area contributed by atoms with Gasteiger partial charge in [-0.25, -0.2) is 4.39 Å². The van der Waals surface area contributed by atoms with Crippen molar-refractivity contribution in [3.63, 3.8) is 0 Å². The molecule has 1 aromatic rings. The fourth-order valence-electron chi connectivity index (χ4n) is 1.77. The number of benzene rings is 1. The van der Waals surface area contributed by atoms with Crippen molar-refractivity contribution >= 4 is 5.97 Å².